The van der Waals surface area contributed by atoms with Gasteiger partial charge in [-0.25, -0.2) is 0 Å². The second kappa shape index (κ2) is 7.78. The molecule has 1 aromatic rings. The highest BCUT2D eigenvalue weighted by molar-refractivity contribution is 5.85. The SMILES string of the molecule is Cc1ccccc1C1(CNC(=O)[C@H](C)N)CCOCC1.Cl. The fraction of sp³-hybridized carbons (Fsp3) is 0.562. The van der Waals surface area contributed by atoms with Crippen molar-refractivity contribution in [2.24, 2.45) is 5.73 Å². The van der Waals surface area contributed by atoms with E-state index in [1.54, 1.807) is 6.92 Å². The summed E-state index contributed by atoms with van der Waals surface area (Å²) < 4.78 is 5.50. The first-order valence-electron chi connectivity index (χ1n) is 7.22. The lowest BCUT2D eigenvalue weighted by atomic mass is 9.72. The van der Waals surface area contributed by atoms with Crippen molar-refractivity contribution < 1.29 is 9.53 Å². The van der Waals surface area contributed by atoms with Crippen LogP contribution in [0.15, 0.2) is 24.3 Å². The number of halogens is 1. The number of rotatable bonds is 4. The summed E-state index contributed by atoms with van der Waals surface area (Å²) in [4.78, 5) is 11.8. The number of nitrogens with one attached hydrogen (secondary N) is 1. The molecule has 1 fully saturated rings. The van der Waals surface area contributed by atoms with Gasteiger partial charge in [-0.15, -0.1) is 12.4 Å². The minimum atomic E-state index is -0.469. The van der Waals surface area contributed by atoms with Crippen molar-refractivity contribution in [1.82, 2.24) is 5.32 Å². The predicted molar refractivity (Wildman–Crippen MR) is 86.8 cm³/mol. The quantitative estimate of drug-likeness (QED) is 0.893. The van der Waals surface area contributed by atoms with E-state index in [1.807, 2.05) is 6.07 Å². The van der Waals surface area contributed by atoms with E-state index in [4.69, 9.17) is 10.5 Å². The lowest BCUT2D eigenvalue weighted by molar-refractivity contribution is -0.122. The van der Waals surface area contributed by atoms with Crippen LogP contribution in [-0.4, -0.2) is 31.7 Å². The van der Waals surface area contributed by atoms with Gasteiger partial charge in [0, 0.05) is 25.2 Å². The minimum Gasteiger partial charge on any atom is -0.381 e. The third-order valence-corrected chi connectivity index (χ3v) is 4.18. The van der Waals surface area contributed by atoms with Crippen molar-refractivity contribution in [2.75, 3.05) is 19.8 Å². The number of benzene rings is 1. The van der Waals surface area contributed by atoms with Crippen LogP contribution in [0.2, 0.25) is 0 Å². The molecule has 21 heavy (non-hydrogen) atoms. The molecule has 1 heterocycles. The van der Waals surface area contributed by atoms with Crippen LogP contribution in [0.4, 0.5) is 0 Å². The van der Waals surface area contributed by atoms with Gasteiger partial charge in [0.2, 0.25) is 5.91 Å². The Balaban J connectivity index is 0.00000220. The number of hydrogen-bond acceptors (Lipinski definition) is 3. The highest BCUT2D eigenvalue weighted by atomic mass is 35.5. The number of aryl methyl sites for hydroxylation is 1. The maximum absolute atomic E-state index is 11.8. The van der Waals surface area contributed by atoms with E-state index in [0.29, 0.717) is 6.54 Å². The van der Waals surface area contributed by atoms with E-state index in [0.717, 1.165) is 26.1 Å². The van der Waals surface area contributed by atoms with Gasteiger partial charge in [-0.1, -0.05) is 24.3 Å². The largest absolute Gasteiger partial charge is 0.381 e. The molecule has 1 saturated heterocycles. The molecule has 0 radical (unpaired) electrons. The van der Waals surface area contributed by atoms with Gasteiger partial charge in [0.25, 0.3) is 0 Å². The molecule has 1 aliphatic heterocycles. The van der Waals surface area contributed by atoms with Gasteiger partial charge in [0.15, 0.2) is 0 Å². The first-order chi connectivity index (χ1) is 9.55. The van der Waals surface area contributed by atoms with Gasteiger partial charge in [0.1, 0.15) is 0 Å². The molecule has 118 valence electrons. The van der Waals surface area contributed by atoms with Crippen LogP contribution in [0.5, 0.6) is 0 Å². The molecule has 2 rings (SSSR count). The van der Waals surface area contributed by atoms with Gasteiger partial charge < -0.3 is 15.8 Å². The zero-order valence-corrected chi connectivity index (χ0v) is 13.5. The van der Waals surface area contributed by atoms with Crippen molar-refractivity contribution >= 4 is 18.3 Å². The number of nitrogens with two attached hydrogens (primary N) is 1. The Hall–Kier alpha value is -1.10. The van der Waals surface area contributed by atoms with Crippen molar-refractivity contribution in [3.8, 4) is 0 Å². The van der Waals surface area contributed by atoms with Crippen LogP contribution in [0.25, 0.3) is 0 Å². The monoisotopic (exact) mass is 312 g/mol. The van der Waals surface area contributed by atoms with Crippen LogP contribution >= 0.6 is 12.4 Å². The molecule has 0 spiro atoms. The Labute approximate surface area is 132 Å². The number of amides is 1. The number of hydrogen-bond donors (Lipinski definition) is 2. The first kappa shape index (κ1) is 18.0. The summed E-state index contributed by atoms with van der Waals surface area (Å²) in [7, 11) is 0. The average molecular weight is 313 g/mol. The Morgan fingerprint density at radius 3 is 2.57 bits per heavy atom. The van der Waals surface area contributed by atoms with Gasteiger partial charge in [0.05, 0.1) is 6.04 Å². The second-order valence-corrected chi connectivity index (χ2v) is 5.71. The lowest BCUT2D eigenvalue weighted by Gasteiger charge is -2.39. The summed E-state index contributed by atoms with van der Waals surface area (Å²) in [5, 5.41) is 3.00. The van der Waals surface area contributed by atoms with E-state index in [1.165, 1.54) is 11.1 Å². The van der Waals surface area contributed by atoms with Crippen molar-refractivity contribution in [1.29, 1.82) is 0 Å². The van der Waals surface area contributed by atoms with Gasteiger partial charge in [-0.3, -0.25) is 4.79 Å². The summed E-state index contributed by atoms with van der Waals surface area (Å²) in [6.45, 7) is 5.94. The molecular weight excluding hydrogens is 288 g/mol. The summed E-state index contributed by atoms with van der Waals surface area (Å²) >= 11 is 0. The minimum absolute atomic E-state index is 0. The molecule has 5 heteroatoms. The van der Waals surface area contributed by atoms with E-state index in [-0.39, 0.29) is 23.7 Å². The molecule has 1 aliphatic rings. The molecular formula is C16H25ClN2O2. The molecule has 0 unspecified atom stereocenters. The van der Waals surface area contributed by atoms with Crippen LogP contribution in [0.3, 0.4) is 0 Å². The standard InChI is InChI=1S/C16H24N2O2.ClH/c1-12-5-3-4-6-14(12)16(7-9-20-10-8-16)11-18-15(19)13(2)17;/h3-6,13H,7-11,17H2,1-2H3,(H,18,19);1H/t13-;/m0./s1. The molecule has 1 atom stereocenters. The molecule has 0 aromatic heterocycles. The van der Waals surface area contributed by atoms with Crippen molar-refractivity contribution in [2.45, 2.75) is 38.1 Å². The molecule has 3 N–H and O–H groups in total. The molecule has 1 aromatic carbocycles. The zero-order chi connectivity index (χ0) is 14.6. The topological polar surface area (TPSA) is 64.4 Å². The Morgan fingerprint density at radius 2 is 2.00 bits per heavy atom. The van der Waals surface area contributed by atoms with E-state index >= 15 is 0 Å². The van der Waals surface area contributed by atoms with Crippen LogP contribution < -0.4 is 11.1 Å². The summed E-state index contributed by atoms with van der Waals surface area (Å²) in [5.74, 6) is -0.0931. The Bertz CT molecular complexity index is 471. The third-order valence-electron chi connectivity index (χ3n) is 4.18. The summed E-state index contributed by atoms with van der Waals surface area (Å²) in [6, 6.07) is 7.93. The maximum atomic E-state index is 11.8. The van der Waals surface area contributed by atoms with Crippen LogP contribution in [0.1, 0.15) is 30.9 Å². The number of ether oxygens (including phenoxy) is 1. The lowest BCUT2D eigenvalue weighted by Crippen LogP contribution is -2.48. The smallest absolute Gasteiger partial charge is 0.236 e. The van der Waals surface area contributed by atoms with Gasteiger partial charge >= 0.3 is 0 Å². The normalized spacial score (nSPS) is 18.4. The van der Waals surface area contributed by atoms with Crippen LogP contribution in [-0.2, 0) is 14.9 Å². The van der Waals surface area contributed by atoms with Crippen molar-refractivity contribution in [3.63, 3.8) is 0 Å². The number of carbonyl (C=O) groups is 1. The highest BCUT2D eigenvalue weighted by Crippen LogP contribution is 2.36. The van der Waals surface area contributed by atoms with Crippen molar-refractivity contribution in [3.05, 3.63) is 35.4 Å². The van der Waals surface area contributed by atoms with E-state index in [2.05, 4.69) is 30.4 Å². The molecule has 4 nitrogen and oxygen atoms in total. The first-order valence-corrected chi connectivity index (χ1v) is 7.22. The maximum Gasteiger partial charge on any atom is 0.236 e. The summed E-state index contributed by atoms with van der Waals surface area (Å²) in [5.41, 5.74) is 8.17. The molecule has 0 aliphatic carbocycles. The van der Waals surface area contributed by atoms with E-state index in [9.17, 15) is 4.79 Å². The third kappa shape index (κ3) is 4.19. The second-order valence-electron chi connectivity index (χ2n) is 5.71. The van der Waals surface area contributed by atoms with E-state index < -0.39 is 6.04 Å². The highest BCUT2D eigenvalue weighted by Gasteiger charge is 2.35. The molecule has 0 saturated carbocycles. The summed E-state index contributed by atoms with van der Waals surface area (Å²) in [6.07, 6.45) is 1.86. The molecule has 1 amide bonds. The fourth-order valence-electron chi connectivity index (χ4n) is 2.89. The van der Waals surface area contributed by atoms with Gasteiger partial charge in [-0.05, 0) is 37.8 Å². The van der Waals surface area contributed by atoms with Crippen LogP contribution in [0, 0.1) is 6.92 Å². The average Bonchev–Trinajstić information content (AvgIpc) is 2.46. The van der Waals surface area contributed by atoms with Gasteiger partial charge in [-0.2, -0.15) is 0 Å². The number of carbonyl (C=O) groups excluding carboxylic acids is 1. The zero-order valence-electron chi connectivity index (χ0n) is 12.7. The Kier molecular flexibility index (Phi) is 6.65. The predicted octanol–water partition coefficient (Wildman–Crippen LogP) is 1.93. The Morgan fingerprint density at radius 1 is 1.38 bits per heavy atom. The molecule has 0 bridgehead atoms. The fourth-order valence-corrected chi connectivity index (χ4v) is 2.89.